The molecule has 2 rings (SSSR count). The third-order valence-corrected chi connectivity index (χ3v) is 4.49. The van der Waals surface area contributed by atoms with Crippen molar-refractivity contribution in [3.63, 3.8) is 0 Å². The molecule has 6 nitrogen and oxygen atoms in total. The summed E-state index contributed by atoms with van der Waals surface area (Å²) in [6.07, 6.45) is 4.54. The number of hydrogen-bond acceptors (Lipinski definition) is 3. The summed E-state index contributed by atoms with van der Waals surface area (Å²) in [5, 5.41) is 9.36. The van der Waals surface area contributed by atoms with Crippen molar-refractivity contribution in [3.05, 3.63) is 35.4 Å². The number of fused-ring (bicyclic) bond motifs is 1. The van der Waals surface area contributed by atoms with Gasteiger partial charge in [-0.25, -0.2) is 4.99 Å². The minimum Gasteiger partial charge on any atom is -0.373 e. The average Bonchev–Trinajstić information content (AvgIpc) is 2.64. The van der Waals surface area contributed by atoms with Crippen LogP contribution in [0.25, 0.3) is 0 Å². The van der Waals surface area contributed by atoms with Gasteiger partial charge >= 0.3 is 0 Å². The standard InChI is InChI=1S/C22H36N4O2/c1-5-23-21(25-16-20(27)26-22(2,3)4)24-14-9-15-28-19-13-8-11-17-10-6-7-12-18(17)19/h6-7,10,12,19H,5,8-9,11,13-16H2,1-4H3,(H,26,27)(H2,23,24,25). The second-order valence-corrected chi connectivity index (χ2v) is 8.22. The third-order valence-electron chi connectivity index (χ3n) is 4.49. The predicted octanol–water partition coefficient (Wildman–Crippen LogP) is 2.94. The van der Waals surface area contributed by atoms with Crippen molar-refractivity contribution in [2.45, 2.75) is 65.0 Å². The Balaban J connectivity index is 1.72. The van der Waals surface area contributed by atoms with Gasteiger partial charge in [0.25, 0.3) is 0 Å². The highest BCUT2D eigenvalue weighted by molar-refractivity contribution is 5.85. The lowest BCUT2D eigenvalue weighted by molar-refractivity contribution is -0.121. The SMILES string of the molecule is CCNC(=NCC(=O)NC(C)(C)C)NCCCOC1CCCc2ccccc21. The summed E-state index contributed by atoms with van der Waals surface area (Å²) in [5.74, 6) is 0.582. The van der Waals surface area contributed by atoms with Gasteiger partial charge in [0.05, 0.1) is 6.10 Å². The van der Waals surface area contributed by atoms with Crippen molar-refractivity contribution in [3.8, 4) is 0 Å². The molecule has 0 bridgehead atoms. The van der Waals surface area contributed by atoms with Crippen molar-refractivity contribution in [2.75, 3.05) is 26.2 Å². The zero-order valence-corrected chi connectivity index (χ0v) is 17.8. The van der Waals surface area contributed by atoms with Crippen LogP contribution in [0.5, 0.6) is 0 Å². The summed E-state index contributed by atoms with van der Waals surface area (Å²) in [6.45, 7) is 10.2. The minimum absolute atomic E-state index is 0.0796. The number of ether oxygens (including phenoxy) is 1. The molecular formula is C22H36N4O2. The molecule has 156 valence electrons. The number of carbonyl (C=O) groups is 1. The molecule has 1 aliphatic rings. The predicted molar refractivity (Wildman–Crippen MR) is 115 cm³/mol. The fourth-order valence-corrected chi connectivity index (χ4v) is 3.34. The maximum absolute atomic E-state index is 11.9. The van der Waals surface area contributed by atoms with E-state index in [1.807, 2.05) is 27.7 Å². The van der Waals surface area contributed by atoms with Gasteiger partial charge in [0.15, 0.2) is 5.96 Å². The molecule has 6 heteroatoms. The second kappa shape index (κ2) is 11.1. The Morgan fingerprint density at radius 2 is 2.04 bits per heavy atom. The van der Waals surface area contributed by atoms with Gasteiger partial charge in [-0.1, -0.05) is 24.3 Å². The highest BCUT2D eigenvalue weighted by atomic mass is 16.5. The Kier molecular flexibility index (Phi) is 8.77. The third kappa shape index (κ3) is 7.89. The molecule has 0 heterocycles. The highest BCUT2D eigenvalue weighted by Gasteiger charge is 2.19. The van der Waals surface area contributed by atoms with Crippen LogP contribution in [0.4, 0.5) is 0 Å². The Morgan fingerprint density at radius 1 is 1.25 bits per heavy atom. The summed E-state index contributed by atoms with van der Waals surface area (Å²) < 4.78 is 6.14. The van der Waals surface area contributed by atoms with Crippen LogP contribution in [-0.4, -0.2) is 43.6 Å². The molecule has 0 saturated carbocycles. The lowest BCUT2D eigenvalue weighted by Crippen LogP contribution is -2.43. The van der Waals surface area contributed by atoms with Crippen molar-refractivity contribution in [1.82, 2.24) is 16.0 Å². The molecule has 1 amide bonds. The Bertz CT molecular complexity index is 652. The number of hydrogen-bond donors (Lipinski definition) is 3. The topological polar surface area (TPSA) is 74.8 Å². The van der Waals surface area contributed by atoms with E-state index in [4.69, 9.17) is 4.74 Å². The van der Waals surface area contributed by atoms with Gasteiger partial charge in [0.2, 0.25) is 5.91 Å². The number of guanidine groups is 1. The summed E-state index contributed by atoms with van der Waals surface area (Å²) >= 11 is 0. The number of benzene rings is 1. The molecule has 1 unspecified atom stereocenters. The zero-order chi connectivity index (χ0) is 20.4. The van der Waals surface area contributed by atoms with Crippen LogP contribution >= 0.6 is 0 Å². The van der Waals surface area contributed by atoms with Crippen molar-refractivity contribution >= 4 is 11.9 Å². The van der Waals surface area contributed by atoms with Gasteiger partial charge < -0.3 is 20.7 Å². The Morgan fingerprint density at radius 3 is 2.79 bits per heavy atom. The monoisotopic (exact) mass is 388 g/mol. The van der Waals surface area contributed by atoms with Gasteiger partial charge in [-0.15, -0.1) is 0 Å². The van der Waals surface area contributed by atoms with Crippen LogP contribution < -0.4 is 16.0 Å². The lowest BCUT2D eigenvalue weighted by atomic mass is 9.89. The molecule has 0 aromatic heterocycles. The van der Waals surface area contributed by atoms with Gasteiger partial charge in [0, 0.05) is 25.2 Å². The van der Waals surface area contributed by atoms with E-state index in [-0.39, 0.29) is 24.1 Å². The Hall–Kier alpha value is -2.08. The molecule has 0 radical (unpaired) electrons. The summed E-state index contributed by atoms with van der Waals surface area (Å²) in [7, 11) is 0. The molecule has 1 atom stereocenters. The highest BCUT2D eigenvalue weighted by Crippen LogP contribution is 2.32. The van der Waals surface area contributed by atoms with Gasteiger partial charge in [-0.05, 0) is 64.5 Å². The first kappa shape index (κ1) is 22.2. The van der Waals surface area contributed by atoms with E-state index < -0.39 is 0 Å². The molecular weight excluding hydrogens is 352 g/mol. The van der Waals surface area contributed by atoms with E-state index >= 15 is 0 Å². The van der Waals surface area contributed by atoms with E-state index in [1.165, 1.54) is 17.5 Å². The van der Waals surface area contributed by atoms with E-state index in [0.717, 1.165) is 32.4 Å². The number of nitrogens with one attached hydrogen (secondary N) is 3. The smallest absolute Gasteiger partial charge is 0.242 e. The molecule has 0 spiro atoms. The number of nitrogens with zero attached hydrogens (tertiary/aromatic N) is 1. The maximum Gasteiger partial charge on any atom is 0.242 e. The number of aliphatic imine (C=N–C) groups is 1. The van der Waals surface area contributed by atoms with Crippen LogP contribution in [-0.2, 0) is 16.0 Å². The number of carbonyl (C=O) groups excluding carboxylic acids is 1. The molecule has 1 aliphatic carbocycles. The quantitative estimate of drug-likeness (QED) is 0.364. The molecule has 28 heavy (non-hydrogen) atoms. The molecule has 0 fully saturated rings. The fraction of sp³-hybridized carbons (Fsp3) is 0.636. The van der Waals surface area contributed by atoms with Crippen LogP contribution in [0.3, 0.4) is 0 Å². The number of rotatable bonds is 8. The first-order valence-electron chi connectivity index (χ1n) is 10.4. The first-order valence-corrected chi connectivity index (χ1v) is 10.4. The molecule has 0 aliphatic heterocycles. The van der Waals surface area contributed by atoms with Crippen molar-refractivity contribution in [2.24, 2.45) is 4.99 Å². The molecule has 3 N–H and O–H groups in total. The van der Waals surface area contributed by atoms with E-state index in [2.05, 4.69) is 45.2 Å². The lowest BCUT2D eigenvalue weighted by Gasteiger charge is -2.25. The largest absolute Gasteiger partial charge is 0.373 e. The maximum atomic E-state index is 11.9. The summed E-state index contributed by atoms with van der Waals surface area (Å²) in [5.41, 5.74) is 2.53. The van der Waals surface area contributed by atoms with E-state index in [0.29, 0.717) is 12.6 Å². The van der Waals surface area contributed by atoms with Crippen molar-refractivity contribution < 1.29 is 9.53 Å². The van der Waals surface area contributed by atoms with Crippen LogP contribution in [0, 0.1) is 0 Å². The fourth-order valence-electron chi connectivity index (χ4n) is 3.34. The second-order valence-electron chi connectivity index (χ2n) is 8.22. The minimum atomic E-state index is -0.243. The summed E-state index contributed by atoms with van der Waals surface area (Å²) in [6, 6.07) is 8.60. The van der Waals surface area contributed by atoms with E-state index in [9.17, 15) is 4.79 Å². The average molecular weight is 389 g/mol. The van der Waals surface area contributed by atoms with E-state index in [1.54, 1.807) is 0 Å². The Labute approximate surface area is 169 Å². The normalized spacial score (nSPS) is 17.0. The van der Waals surface area contributed by atoms with Crippen LogP contribution in [0.15, 0.2) is 29.3 Å². The zero-order valence-electron chi connectivity index (χ0n) is 17.8. The first-order chi connectivity index (χ1) is 13.4. The number of amides is 1. The number of aryl methyl sites for hydroxylation is 1. The van der Waals surface area contributed by atoms with Crippen LogP contribution in [0.1, 0.15) is 64.2 Å². The van der Waals surface area contributed by atoms with Gasteiger partial charge in [-0.2, -0.15) is 0 Å². The van der Waals surface area contributed by atoms with Crippen molar-refractivity contribution in [1.29, 1.82) is 0 Å². The molecule has 1 aromatic carbocycles. The van der Waals surface area contributed by atoms with Gasteiger partial charge in [-0.3, -0.25) is 4.79 Å². The molecule has 0 saturated heterocycles. The summed E-state index contributed by atoms with van der Waals surface area (Å²) in [4.78, 5) is 16.3. The van der Waals surface area contributed by atoms with Crippen LogP contribution in [0.2, 0.25) is 0 Å². The molecule has 1 aromatic rings. The van der Waals surface area contributed by atoms with Gasteiger partial charge in [0.1, 0.15) is 6.54 Å².